The number of hydrogen-bond donors (Lipinski definition) is 1. The molecule has 82 valence electrons. The lowest BCUT2D eigenvalue weighted by atomic mass is 10.2. The first-order valence-electron chi connectivity index (χ1n) is 5.39. The summed E-state index contributed by atoms with van der Waals surface area (Å²) in [5, 5.41) is 3.42. The third-order valence-corrected chi connectivity index (χ3v) is 3.35. The van der Waals surface area contributed by atoms with Gasteiger partial charge < -0.3 is 10.1 Å². The molecular formula is C12H16INO. The van der Waals surface area contributed by atoms with Crippen molar-refractivity contribution in [1.82, 2.24) is 0 Å². The zero-order chi connectivity index (χ0) is 10.7. The Morgan fingerprint density at radius 3 is 3.00 bits per heavy atom. The summed E-state index contributed by atoms with van der Waals surface area (Å²) in [7, 11) is 0. The number of benzene rings is 1. The minimum absolute atomic E-state index is 0.387. The molecular weight excluding hydrogens is 301 g/mol. The van der Waals surface area contributed by atoms with Gasteiger partial charge in [-0.15, -0.1) is 0 Å². The van der Waals surface area contributed by atoms with E-state index in [9.17, 15) is 0 Å². The van der Waals surface area contributed by atoms with Crippen LogP contribution in [0.5, 0.6) is 0 Å². The molecule has 0 amide bonds. The quantitative estimate of drug-likeness (QED) is 0.864. The Morgan fingerprint density at radius 2 is 2.33 bits per heavy atom. The van der Waals surface area contributed by atoms with Gasteiger partial charge in [0.15, 0.2) is 0 Å². The Morgan fingerprint density at radius 1 is 1.47 bits per heavy atom. The molecule has 1 aromatic carbocycles. The summed E-state index contributed by atoms with van der Waals surface area (Å²) < 4.78 is 7.01. The summed E-state index contributed by atoms with van der Waals surface area (Å²) in [6.07, 6.45) is 3.20. The molecule has 0 spiro atoms. The fourth-order valence-electron chi connectivity index (χ4n) is 1.87. The van der Waals surface area contributed by atoms with Crippen LogP contribution < -0.4 is 5.32 Å². The molecule has 15 heavy (non-hydrogen) atoms. The van der Waals surface area contributed by atoms with E-state index >= 15 is 0 Å². The highest BCUT2D eigenvalue weighted by Gasteiger charge is 2.21. The van der Waals surface area contributed by atoms with Gasteiger partial charge in [0.05, 0.1) is 12.2 Å². The van der Waals surface area contributed by atoms with Crippen molar-refractivity contribution in [3.8, 4) is 0 Å². The number of nitrogens with one attached hydrogen (secondary N) is 1. The first kappa shape index (κ1) is 11.2. The van der Waals surface area contributed by atoms with E-state index in [0.717, 1.165) is 6.54 Å². The lowest BCUT2D eigenvalue weighted by molar-refractivity contribution is 0.0637. The van der Waals surface area contributed by atoms with Crippen LogP contribution in [-0.2, 0) is 4.74 Å². The molecule has 0 aliphatic carbocycles. The summed E-state index contributed by atoms with van der Waals surface area (Å²) in [5.74, 6) is 0. The van der Waals surface area contributed by atoms with E-state index < -0.39 is 0 Å². The largest absolute Gasteiger partial charge is 0.382 e. The number of hydrogen-bond acceptors (Lipinski definition) is 2. The summed E-state index contributed by atoms with van der Waals surface area (Å²) >= 11 is 2.33. The second-order valence-electron chi connectivity index (χ2n) is 4.04. The van der Waals surface area contributed by atoms with E-state index in [1.807, 2.05) is 0 Å². The van der Waals surface area contributed by atoms with Crippen molar-refractivity contribution < 1.29 is 4.74 Å². The highest BCUT2D eigenvalue weighted by molar-refractivity contribution is 14.1. The second-order valence-corrected chi connectivity index (χ2v) is 5.28. The van der Waals surface area contributed by atoms with Crippen LogP contribution in [0.25, 0.3) is 0 Å². The maximum Gasteiger partial charge on any atom is 0.0751 e. The number of halogens is 1. The molecule has 2 unspecified atom stereocenters. The molecule has 0 radical (unpaired) electrons. The highest BCUT2D eigenvalue weighted by Crippen LogP contribution is 2.20. The van der Waals surface area contributed by atoms with Crippen LogP contribution in [0, 0.1) is 3.57 Å². The van der Waals surface area contributed by atoms with Crippen molar-refractivity contribution in [3.05, 3.63) is 27.8 Å². The van der Waals surface area contributed by atoms with Crippen LogP contribution >= 0.6 is 22.6 Å². The first-order valence-corrected chi connectivity index (χ1v) is 6.47. The molecule has 1 aliphatic heterocycles. The van der Waals surface area contributed by atoms with Crippen LogP contribution in [0.2, 0.25) is 0 Å². The molecule has 1 aromatic rings. The zero-order valence-electron chi connectivity index (χ0n) is 8.87. The number of rotatable bonds is 3. The van der Waals surface area contributed by atoms with Crippen LogP contribution in [0.4, 0.5) is 5.69 Å². The topological polar surface area (TPSA) is 21.3 Å². The molecule has 1 heterocycles. The third-order valence-electron chi connectivity index (χ3n) is 2.68. The van der Waals surface area contributed by atoms with Gasteiger partial charge in [0.2, 0.25) is 0 Å². The summed E-state index contributed by atoms with van der Waals surface area (Å²) in [6.45, 7) is 3.07. The fourth-order valence-corrected chi connectivity index (χ4v) is 2.41. The Hall–Kier alpha value is -0.290. The summed E-state index contributed by atoms with van der Waals surface area (Å²) in [6, 6.07) is 8.42. The van der Waals surface area contributed by atoms with Crippen LogP contribution in [-0.4, -0.2) is 18.8 Å². The fraction of sp³-hybridized carbons (Fsp3) is 0.500. The second kappa shape index (κ2) is 5.16. The van der Waals surface area contributed by atoms with Gasteiger partial charge in [0.1, 0.15) is 0 Å². The minimum atomic E-state index is 0.387. The molecule has 1 N–H and O–H groups in total. The Bertz CT molecular complexity index is 329. The van der Waals surface area contributed by atoms with E-state index in [0.29, 0.717) is 12.2 Å². The predicted molar refractivity (Wildman–Crippen MR) is 71.2 cm³/mol. The van der Waals surface area contributed by atoms with Gasteiger partial charge in [0, 0.05) is 15.8 Å². The smallest absolute Gasteiger partial charge is 0.0751 e. The normalized spacial score (nSPS) is 25.5. The molecule has 0 aromatic heterocycles. The van der Waals surface area contributed by atoms with Crippen molar-refractivity contribution in [1.29, 1.82) is 0 Å². The maximum absolute atomic E-state index is 5.75. The molecule has 0 bridgehead atoms. The molecule has 2 atom stereocenters. The van der Waals surface area contributed by atoms with Gasteiger partial charge in [0.25, 0.3) is 0 Å². The van der Waals surface area contributed by atoms with Gasteiger partial charge >= 0.3 is 0 Å². The van der Waals surface area contributed by atoms with Gasteiger partial charge in [-0.3, -0.25) is 0 Å². The molecule has 2 rings (SSSR count). The standard InChI is InChI=1S/C12H16INO/c1-9-5-6-12(15-9)8-14-11-4-2-3-10(13)7-11/h2-4,7,9,12,14H,5-6,8H2,1H3. The van der Waals surface area contributed by atoms with Crippen LogP contribution in [0.15, 0.2) is 24.3 Å². The molecule has 2 nitrogen and oxygen atoms in total. The van der Waals surface area contributed by atoms with Gasteiger partial charge in [-0.1, -0.05) is 6.07 Å². The van der Waals surface area contributed by atoms with E-state index in [1.54, 1.807) is 0 Å². The number of anilines is 1. The summed E-state index contributed by atoms with van der Waals surface area (Å²) in [4.78, 5) is 0. The highest BCUT2D eigenvalue weighted by atomic mass is 127. The van der Waals surface area contributed by atoms with Gasteiger partial charge in [-0.25, -0.2) is 0 Å². The Kier molecular flexibility index (Phi) is 3.86. The van der Waals surface area contributed by atoms with E-state index in [2.05, 4.69) is 59.1 Å². The average molecular weight is 317 g/mol. The van der Waals surface area contributed by atoms with E-state index in [1.165, 1.54) is 22.1 Å². The third kappa shape index (κ3) is 3.34. The lowest BCUT2D eigenvalue weighted by Crippen LogP contribution is -2.19. The molecule has 0 saturated carbocycles. The molecule has 1 fully saturated rings. The van der Waals surface area contributed by atoms with Gasteiger partial charge in [-0.05, 0) is 60.6 Å². The van der Waals surface area contributed by atoms with Crippen molar-refractivity contribution >= 4 is 28.3 Å². The number of ether oxygens (including phenoxy) is 1. The maximum atomic E-state index is 5.75. The molecule has 1 aliphatic rings. The van der Waals surface area contributed by atoms with Crippen molar-refractivity contribution in [2.24, 2.45) is 0 Å². The van der Waals surface area contributed by atoms with E-state index in [-0.39, 0.29) is 0 Å². The first-order chi connectivity index (χ1) is 7.24. The van der Waals surface area contributed by atoms with E-state index in [4.69, 9.17) is 4.74 Å². The van der Waals surface area contributed by atoms with Gasteiger partial charge in [-0.2, -0.15) is 0 Å². The van der Waals surface area contributed by atoms with Crippen molar-refractivity contribution in [2.75, 3.05) is 11.9 Å². The van der Waals surface area contributed by atoms with Crippen molar-refractivity contribution in [2.45, 2.75) is 32.0 Å². The summed E-state index contributed by atoms with van der Waals surface area (Å²) in [5.41, 5.74) is 1.19. The minimum Gasteiger partial charge on any atom is -0.382 e. The Balaban J connectivity index is 1.83. The molecule has 1 saturated heterocycles. The SMILES string of the molecule is CC1CCC(CNc2cccc(I)c2)O1. The zero-order valence-corrected chi connectivity index (χ0v) is 11.0. The average Bonchev–Trinajstić information content (AvgIpc) is 2.62. The van der Waals surface area contributed by atoms with Crippen molar-refractivity contribution in [3.63, 3.8) is 0 Å². The van der Waals surface area contributed by atoms with Crippen LogP contribution in [0.3, 0.4) is 0 Å². The predicted octanol–water partition coefficient (Wildman–Crippen LogP) is 3.27. The van der Waals surface area contributed by atoms with Crippen LogP contribution in [0.1, 0.15) is 19.8 Å². The Labute approximate surface area is 105 Å². The lowest BCUT2D eigenvalue weighted by Gasteiger charge is -2.13. The monoisotopic (exact) mass is 317 g/mol. The molecule has 3 heteroatoms.